The monoisotopic (exact) mass is 218 g/mol. The van der Waals surface area contributed by atoms with Crippen LogP contribution in [-0.4, -0.2) is 35.5 Å². The number of carboxylic acids is 1. The fraction of sp³-hybridized carbons (Fsp3) is 0.429. The third-order valence-electron chi connectivity index (χ3n) is 1.76. The van der Waals surface area contributed by atoms with Crippen LogP contribution in [0.25, 0.3) is 0 Å². The van der Waals surface area contributed by atoms with Gasteiger partial charge in [-0.1, -0.05) is 0 Å². The lowest BCUT2D eigenvalue weighted by atomic mass is 10.4. The van der Waals surface area contributed by atoms with Crippen LogP contribution in [0, 0.1) is 0 Å². The van der Waals surface area contributed by atoms with Crippen LogP contribution in [0.3, 0.4) is 0 Å². The normalized spacial score (nSPS) is 13.9. The molecule has 0 aliphatic rings. The highest BCUT2D eigenvalue weighted by Crippen LogP contribution is 2.10. The topological polar surface area (TPSA) is 89.3 Å². The van der Waals surface area contributed by atoms with Gasteiger partial charge in [-0.05, 0) is 6.92 Å². The molecular formula is C7H10N2O4S. The average Bonchev–Trinajstić information content (AvgIpc) is 2.49. The van der Waals surface area contributed by atoms with Crippen LogP contribution in [0.5, 0.6) is 0 Å². The SMILES string of the molecule is C[C@H](C(=O)O)n1cc(S(C)(=O)=O)cn1. The third kappa shape index (κ3) is 2.11. The summed E-state index contributed by atoms with van der Waals surface area (Å²) in [6, 6.07) is -0.870. The molecule has 0 bridgehead atoms. The van der Waals surface area contributed by atoms with E-state index in [2.05, 4.69) is 5.10 Å². The smallest absolute Gasteiger partial charge is 0.328 e. The standard InChI is InChI=1S/C7H10N2O4S/c1-5(7(10)11)9-4-6(3-8-9)14(2,12)13/h3-5H,1-2H3,(H,10,11)/t5-/m1/s1. The first-order valence-electron chi connectivity index (χ1n) is 3.79. The Labute approximate surface area is 81.1 Å². The van der Waals surface area contributed by atoms with Crippen LogP contribution in [0.4, 0.5) is 0 Å². The van der Waals surface area contributed by atoms with Gasteiger partial charge in [0, 0.05) is 12.5 Å². The number of sulfone groups is 1. The van der Waals surface area contributed by atoms with Crippen LogP contribution in [0.15, 0.2) is 17.3 Å². The molecule has 0 aliphatic carbocycles. The molecule has 0 radical (unpaired) electrons. The Bertz CT molecular complexity index is 448. The second-order valence-electron chi connectivity index (χ2n) is 2.94. The Hall–Kier alpha value is -1.37. The van der Waals surface area contributed by atoms with Gasteiger partial charge in [-0.25, -0.2) is 13.2 Å². The summed E-state index contributed by atoms with van der Waals surface area (Å²) in [6.07, 6.45) is 3.38. The molecule has 1 aromatic heterocycles. The van der Waals surface area contributed by atoms with Crippen LogP contribution < -0.4 is 0 Å². The van der Waals surface area contributed by atoms with Gasteiger partial charge < -0.3 is 5.11 Å². The summed E-state index contributed by atoms with van der Waals surface area (Å²) >= 11 is 0. The fourth-order valence-electron chi connectivity index (χ4n) is 0.837. The lowest BCUT2D eigenvalue weighted by molar-refractivity contribution is -0.140. The molecule has 0 saturated carbocycles. The van der Waals surface area contributed by atoms with E-state index in [0.29, 0.717) is 0 Å². The Morgan fingerprint density at radius 3 is 2.57 bits per heavy atom. The number of rotatable bonds is 3. The van der Waals surface area contributed by atoms with E-state index in [-0.39, 0.29) is 4.90 Å². The summed E-state index contributed by atoms with van der Waals surface area (Å²) in [4.78, 5) is 10.6. The molecule has 0 aromatic carbocycles. The van der Waals surface area contributed by atoms with E-state index < -0.39 is 21.8 Å². The molecule has 0 amide bonds. The van der Waals surface area contributed by atoms with E-state index in [1.807, 2.05) is 0 Å². The molecule has 0 fully saturated rings. The molecule has 1 heterocycles. The summed E-state index contributed by atoms with van der Waals surface area (Å²) < 4.78 is 23.2. The van der Waals surface area contributed by atoms with Crippen LogP contribution in [0.2, 0.25) is 0 Å². The molecule has 0 spiro atoms. The van der Waals surface area contributed by atoms with Crippen molar-refractivity contribution in [2.45, 2.75) is 17.9 Å². The Morgan fingerprint density at radius 2 is 2.21 bits per heavy atom. The van der Waals surface area contributed by atoms with Crippen LogP contribution >= 0.6 is 0 Å². The minimum absolute atomic E-state index is 0.0191. The molecule has 1 atom stereocenters. The molecule has 1 aromatic rings. The van der Waals surface area contributed by atoms with Gasteiger partial charge in [-0.15, -0.1) is 0 Å². The Balaban J connectivity index is 3.06. The summed E-state index contributed by atoms with van der Waals surface area (Å²) in [5.41, 5.74) is 0. The van der Waals surface area contributed by atoms with E-state index in [1.54, 1.807) is 0 Å². The number of carbonyl (C=O) groups is 1. The molecule has 14 heavy (non-hydrogen) atoms. The molecule has 0 saturated heterocycles. The van der Waals surface area contributed by atoms with Gasteiger partial charge in [0.25, 0.3) is 0 Å². The average molecular weight is 218 g/mol. The largest absolute Gasteiger partial charge is 0.480 e. The molecule has 6 nitrogen and oxygen atoms in total. The van der Waals surface area contributed by atoms with Gasteiger partial charge in [-0.2, -0.15) is 5.10 Å². The highest BCUT2D eigenvalue weighted by molar-refractivity contribution is 7.90. The minimum Gasteiger partial charge on any atom is -0.480 e. The maximum absolute atomic E-state index is 11.0. The summed E-state index contributed by atoms with van der Waals surface area (Å²) in [7, 11) is -3.32. The van der Waals surface area contributed by atoms with E-state index in [0.717, 1.165) is 17.1 Å². The highest BCUT2D eigenvalue weighted by atomic mass is 32.2. The first-order chi connectivity index (χ1) is 6.32. The summed E-state index contributed by atoms with van der Waals surface area (Å²) in [5, 5.41) is 12.3. The third-order valence-corrected chi connectivity index (χ3v) is 2.83. The van der Waals surface area contributed by atoms with Crippen LogP contribution in [0.1, 0.15) is 13.0 Å². The van der Waals surface area contributed by atoms with Gasteiger partial charge in [0.05, 0.1) is 6.20 Å². The molecular weight excluding hydrogens is 208 g/mol. The zero-order chi connectivity index (χ0) is 10.9. The van der Waals surface area contributed by atoms with E-state index in [4.69, 9.17) is 5.11 Å². The van der Waals surface area contributed by atoms with E-state index in [1.165, 1.54) is 13.1 Å². The lowest BCUT2D eigenvalue weighted by Crippen LogP contribution is -2.15. The van der Waals surface area contributed by atoms with Crippen molar-refractivity contribution >= 4 is 15.8 Å². The fourth-order valence-corrected chi connectivity index (χ4v) is 1.38. The number of aromatic nitrogens is 2. The summed E-state index contributed by atoms with van der Waals surface area (Å²) in [6.45, 7) is 1.42. The predicted molar refractivity (Wildman–Crippen MR) is 47.7 cm³/mol. The molecule has 1 rings (SSSR count). The molecule has 78 valence electrons. The number of nitrogens with zero attached hydrogens (tertiary/aromatic N) is 2. The van der Waals surface area contributed by atoms with Gasteiger partial charge in [0.15, 0.2) is 9.84 Å². The van der Waals surface area contributed by atoms with Crippen molar-refractivity contribution in [2.75, 3.05) is 6.26 Å². The van der Waals surface area contributed by atoms with Gasteiger partial charge >= 0.3 is 5.97 Å². The number of hydrogen-bond donors (Lipinski definition) is 1. The maximum Gasteiger partial charge on any atom is 0.328 e. The first kappa shape index (κ1) is 10.7. The van der Waals surface area contributed by atoms with E-state index in [9.17, 15) is 13.2 Å². The van der Waals surface area contributed by atoms with Gasteiger partial charge in [-0.3, -0.25) is 4.68 Å². The quantitative estimate of drug-likeness (QED) is 0.767. The maximum atomic E-state index is 11.0. The molecule has 1 N–H and O–H groups in total. The van der Waals surface area contributed by atoms with Crippen molar-refractivity contribution in [3.63, 3.8) is 0 Å². The van der Waals surface area contributed by atoms with Gasteiger partial charge in [0.1, 0.15) is 10.9 Å². The van der Waals surface area contributed by atoms with Crippen molar-refractivity contribution in [1.82, 2.24) is 9.78 Å². The second-order valence-corrected chi connectivity index (χ2v) is 4.96. The van der Waals surface area contributed by atoms with Crippen molar-refractivity contribution in [3.05, 3.63) is 12.4 Å². The highest BCUT2D eigenvalue weighted by Gasteiger charge is 2.17. The van der Waals surface area contributed by atoms with Gasteiger partial charge in [0.2, 0.25) is 0 Å². The minimum atomic E-state index is -3.32. The van der Waals surface area contributed by atoms with Crippen molar-refractivity contribution < 1.29 is 18.3 Å². The Kier molecular flexibility index (Phi) is 2.61. The number of aliphatic carboxylic acids is 1. The van der Waals surface area contributed by atoms with Crippen LogP contribution in [-0.2, 0) is 14.6 Å². The van der Waals surface area contributed by atoms with E-state index >= 15 is 0 Å². The lowest BCUT2D eigenvalue weighted by Gasteiger charge is -2.04. The second kappa shape index (κ2) is 3.41. The molecule has 0 unspecified atom stereocenters. The number of carboxylic acid groups (broad SMARTS) is 1. The van der Waals surface area contributed by atoms with Crippen molar-refractivity contribution in [1.29, 1.82) is 0 Å². The zero-order valence-electron chi connectivity index (χ0n) is 7.71. The van der Waals surface area contributed by atoms with Crippen molar-refractivity contribution in [2.24, 2.45) is 0 Å². The molecule has 7 heteroatoms. The molecule has 0 aliphatic heterocycles. The number of hydrogen-bond acceptors (Lipinski definition) is 4. The predicted octanol–water partition coefficient (Wildman–Crippen LogP) is -0.0678. The Morgan fingerprint density at radius 1 is 1.64 bits per heavy atom. The van der Waals surface area contributed by atoms with Crippen molar-refractivity contribution in [3.8, 4) is 0 Å². The first-order valence-corrected chi connectivity index (χ1v) is 5.68. The zero-order valence-corrected chi connectivity index (χ0v) is 8.52. The summed E-state index contributed by atoms with van der Waals surface area (Å²) in [5.74, 6) is -1.06.